The number of amides is 1. The summed E-state index contributed by atoms with van der Waals surface area (Å²) in [5.41, 5.74) is 0. The molecule has 0 aromatic rings. The summed E-state index contributed by atoms with van der Waals surface area (Å²) in [5.74, 6) is -0.172. The lowest BCUT2D eigenvalue weighted by atomic mass is 10.0. The van der Waals surface area contributed by atoms with Crippen LogP contribution in [0.4, 0.5) is 0 Å². The van der Waals surface area contributed by atoms with Crippen molar-refractivity contribution in [1.82, 2.24) is 5.32 Å². The van der Waals surface area contributed by atoms with Crippen LogP contribution in [0.2, 0.25) is 0 Å². The molecule has 0 aromatic heterocycles. The average molecular weight is 1040 g/mol. The molecule has 3 N–H and O–H groups in total. The van der Waals surface area contributed by atoms with Crippen molar-refractivity contribution in [2.75, 3.05) is 40.9 Å². The van der Waals surface area contributed by atoms with E-state index >= 15 is 0 Å². The fraction of sp³-hybridized carbons (Fsp3) is 0.921. The summed E-state index contributed by atoms with van der Waals surface area (Å²) in [5, 5.41) is 13.9. The van der Waals surface area contributed by atoms with Crippen molar-refractivity contribution >= 4 is 13.7 Å². The number of carbonyl (C=O) groups is 1. The first-order chi connectivity index (χ1) is 35.0. The molecule has 1 amide bonds. The van der Waals surface area contributed by atoms with Crippen molar-refractivity contribution in [1.29, 1.82) is 0 Å². The molecule has 3 atom stereocenters. The molecule has 0 aliphatic carbocycles. The Balaban J connectivity index is 3.80. The van der Waals surface area contributed by atoms with Gasteiger partial charge in [-0.05, 0) is 44.9 Å². The SMILES string of the molecule is CCCCCCCCCC/C=C\CCCCCCCCCCCCCCCCCCCCCCCCCCCCCC(=O)NC(COP(=O)(O)OCC[N+](C)(C)C)C(O)/C=C/CCCCCCCCCCC. The summed E-state index contributed by atoms with van der Waals surface area (Å²) in [4.78, 5) is 23.2. The number of allylic oxidation sites excluding steroid dienone is 3. The van der Waals surface area contributed by atoms with Crippen LogP contribution in [-0.4, -0.2) is 73.4 Å². The Morgan fingerprint density at radius 3 is 1.07 bits per heavy atom. The van der Waals surface area contributed by atoms with E-state index in [9.17, 15) is 19.4 Å². The molecule has 3 unspecified atom stereocenters. The molecule has 0 aliphatic heterocycles. The normalized spacial score (nSPS) is 13.9. The van der Waals surface area contributed by atoms with E-state index in [0.29, 0.717) is 17.4 Å². The van der Waals surface area contributed by atoms with Gasteiger partial charge in [0.1, 0.15) is 13.2 Å². The third kappa shape index (κ3) is 56.7. The zero-order chi connectivity index (χ0) is 52.7. The molecule has 0 bridgehead atoms. The van der Waals surface area contributed by atoms with Gasteiger partial charge in [-0.1, -0.05) is 295 Å². The summed E-state index contributed by atoms with van der Waals surface area (Å²) < 4.78 is 23.6. The van der Waals surface area contributed by atoms with E-state index < -0.39 is 20.0 Å². The van der Waals surface area contributed by atoms with Crippen LogP contribution >= 0.6 is 7.82 Å². The van der Waals surface area contributed by atoms with Crippen LogP contribution in [0.25, 0.3) is 0 Å². The number of phosphoric ester groups is 1. The Morgan fingerprint density at radius 2 is 0.750 bits per heavy atom. The molecular weight excluding hydrogens is 912 g/mol. The first kappa shape index (κ1) is 71.0. The lowest BCUT2D eigenvalue weighted by Crippen LogP contribution is -2.45. The molecule has 428 valence electrons. The quantitative estimate of drug-likeness (QED) is 0.0243. The Kier molecular flexibility index (Phi) is 54.0. The van der Waals surface area contributed by atoms with Crippen LogP contribution < -0.4 is 5.32 Å². The summed E-state index contributed by atoms with van der Waals surface area (Å²) in [6.45, 7) is 4.83. The minimum Gasteiger partial charge on any atom is -0.387 e. The minimum atomic E-state index is -4.34. The Hall–Kier alpha value is -1.02. The van der Waals surface area contributed by atoms with Gasteiger partial charge < -0.3 is 19.8 Å². The number of phosphoric acid groups is 1. The van der Waals surface area contributed by atoms with Gasteiger partial charge in [-0.2, -0.15) is 0 Å². The second kappa shape index (κ2) is 54.8. The molecule has 8 nitrogen and oxygen atoms in total. The van der Waals surface area contributed by atoms with Crippen LogP contribution in [-0.2, 0) is 18.4 Å². The Morgan fingerprint density at radius 1 is 0.458 bits per heavy atom. The molecule has 0 aliphatic rings. The molecule has 0 saturated carbocycles. The van der Waals surface area contributed by atoms with E-state index in [2.05, 4.69) is 31.3 Å². The molecule has 0 rings (SSSR count). The maximum absolute atomic E-state index is 12.9. The predicted molar refractivity (Wildman–Crippen MR) is 314 cm³/mol. The Bertz CT molecular complexity index is 1220. The number of likely N-dealkylation sites (N-methyl/N-ethyl adjacent to an activating group) is 1. The number of unbranched alkanes of at least 4 members (excludes halogenated alkanes) is 44. The number of carbonyl (C=O) groups excluding carboxylic acids is 1. The molecule has 9 heteroatoms. The maximum atomic E-state index is 12.9. The van der Waals surface area contributed by atoms with Crippen LogP contribution in [0.3, 0.4) is 0 Å². The highest BCUT2D eigenvalue weighted by atomic mass is 31.2. The van der Waals surface area contributed by atoms with Crippen molar-refractivity contribution in [3.8, 4) is 0 Å². The smallest absolute Gasteiger partial charge is 0.387 e. The van der Waals surface area contributed by atoms with E-state index in [0.717, 1.165) is 38.5 Å². The topological polar surface area (TPSA) is 105 Å². The third-order valence-electron chi connectivity index (χ3n) is 14.7. The Labute approximate surface area is 449 Å². The van der Waals surface area contributed by atoms with Gasteiger partial charge in [0.05, 0.1) is 39.9 Å². The van der Waals surface area contributed by atoms with Gasteiger partial charge in [0.2, 0.25) is 5.91 Å². The fourth-order valence-corrected chi connectivity index (χ4v) is 10.4. The van der Waals surface area contributed by atoms with Crippen LogP contribution in [0, 0.1) is 0 Å². The van der Waals surface area contributed by atoms with Crippen LogP contribution in [0.1, 0.15) is 322 Å². The number of nitrogens with zero attached hydrogens (tertiary/aromatic N) is 1. The maximum Gasteiger partial charge on any atom is 0.472 e. The van der Waals surface area contributed by atoms with Crippen molar-refractivity contribution in [2.45, 2.75) is 334 Å². The number of quaternary nitrogens is 1. The van der Waals surface area contributed by atoms with Crippen molar-refractivity contribution in [2.24, 2.45) is 0 Å². The number of nitrogens with one attached hydrogen (secondary N) is 1. The highest BCUT2D eigenvalue weighted by molar-refractivity contribution is 7.47. The van der Waals surface area contributed by atoms with Gasteiger partial charge in [0.25, 0.3) is 0 Å². The largest absolute Gasteiger partial charge is 0.472 e. The first-order valence-corrected chi connectivity index (χ1v) is 33.2. The number of hydrogen-bond acceptors (Lipinski definition) is 5. The molecule has 0 saturated heterocycles. The second-order valence-electron chi connectivity index (χ2n) is 23.1. The van der Waals surface area contributed by atoms with E-state index in [1.807, 2.05) is 27.2 Å². The van der Waals surface area contributed by atoms with Gasteiger partial charge in [0.15, 0.2) is 0 Å². The molecule has 0 spiro atoms. The zero-order valence-corrected chi connectivity index (χ0v) is 49.8. The van der Waals surface area contributed by atoms with Crippen LogP contribution in [0.15, 0.2) is 24.3 Å². The summed E-state index contributed by atoms with van der Waals surface area (Å²) >= 11 is 0. The van der Waals surface area contributed by atoms with E-state index in [-0.39, 0.29) is 19.1 Å². The lowest BCUT2D eigenvalue weighted by Gasteiger charge is -2.25. The van der Waals surface area contributed by atoms with Crippen LogP contribution in [0.5, 0.6) is 0 Å². The zero-order valence-electron chi connectivity index (χ0n) is 48.9. The number of hydrogen-bond donors (Lipinski definition) is 3. The minimum absolute atomic E-state index is 0.0641. The van der Waals surface area contributed by atoms with Gasteiger partial charge in [0, 0.05) is 6.42 Å². The van der Waals surface area contributed by atoms with Gasteiger partial charge in [-0.25, -0.2) is 4.57 Å². The first-order valence-electron chi connectivity index (χ1n) is 31.7. The number of aliphatic hydroxyl groups is 1. The lowest BCUT2D eigenvalue weighted by molar-refractivity contribution is -0.870. The van der Waals surface area contributed by atoms with E-state index in [4.69, 9.17) is 9.05 Å². The average Bonchev–Trinajstić information content (AvgIpc) is 3.34. The summed E-state index contributed by atoms with van der Waals surface area (Å²) in [6, 6.07) is -0.842. The third-order valence-corrected chi connectivity index (χ3v) is 15.6. The fourth-order valence-electron chi connectivity index (χ4n) is 9.69. The van der Waals surface area contributed by atoms with Gasteiger partial charge in [-0.3, -0.25) is 13.8 Å². The van der Waals surface area contributed by atoms with Gasteiger partial charge in [-0.15, -0.1) is 0 Å². The highest BCUT2D eigenvalue weighted by Crippen LogP contribution is 2.43. The predicted octanol–water partition coefficient (Wildman–Crippen LogP) is 19.5. The molecule has 72 heavy (non-hydrogen) atoms. The standard InChI is InChI=1S/C63H125N2O6P/c1-6-8-10-12-14-16-18-19-20-21-22-23-24-25-26-27-28-29-30-31-32-33-34-35-36-37-38-39-40-41-42-43-44-45-47-49-51-53-55-57-63(67)64-61(60-71-72(68,69)70-59-58-65(3,4)5)62(66)56-54-52-50-48-46-17-15-13-11-9-7-2/h21-22,54,56,61-62,66H,6-20,23-53,55,57-60H2,1-5H3,(H-,64,67,68,69)/p+1/b22-21-,56-54+. The molecule has 0 heterocycles. The van der Waals surface area contributed by atoms with E-state index in [1.54, 1.807) is 6.08 Å². The monoisotopic (exact) mass is 1040 g/mol. The number of rotatable bonds is 59. The van der Waals surface area contributed by atoms with E-state index in [1.165, 1.54) is 263 Å². The highest BCUT2D eigenvalue weighted by Gasteiger charge is 2.28. The van der Waals surface area contributed by atoms with Gasteiger partial charge >= 0.3 is 7.82 Å². The molecular formula is C63H126N2O6P+. The summed E-state index contributed by atoms with van der Waals surface area (Å²) in [7, 11) is 1.59. The number of aliphatic hydroxyl groups excluding tert-OH is 1. The summed E-state index contributed by atoms with van der Waals surface area (Å²) in [6.07, 6.45) is 70.5. The molecule has 0 fully saturated rings. The molecule has 0 radical (unpaired) electrons. The second-order valence-corrected chi connectivity index (χ2v) is 24.6. The molecule has 0 aromatic carbocycles. The van der Waals surface area contributed by atoms with Crippen molar-refractivity contribution < 1.29 is 32.9 Å². The van der Waals surface area contributed by atoms with Crippen molar-refractivity contribution in [3.05, 3.63) is 24.3 Å². The van der Waals surface area contributed by atoms with Crippen molar-refractivity contribution in [3.63, 3.8) is 0 Å².